The third-order valence-electron chi connectivity index (χ3n) is 7.21. The maximum Gasteiger partial charge on any atom is 0.176 e. The minimum Gasteiger partial charge on any atom is -0.361 e. The van der Waals surface area contributed by atoms with Gasteiger partial charge < -0.3 is 4.74 Å². The summed E-state index contributed by atoms with van der Waals surface area (Å²) < 4.78 is 6.50. The molecule has 2 aliphatic carbocycles. The van der Waals surface area contributed by atoms with Crippen molar-refractivity contribution >= 4 is 24.3 Å². The van der Waals surface area contributed by atoms with E-state index < -0.39 is 13.3 Å². The van der Waals surface area contributed by atoms with Crippen LogP contribution in [0.25, 0.3) is 0 Å². The first-order valence-electron chi connectivity index (χ1n) is 9.13. The minimum absolute atomic E-state index is 0.00573. The molecule has 1 heterocycles. The van der Waals surface area contributed by atoms with Gasteiger partial charge in [-0.25, -0.2) is 0 Å². The van der Waals surface area contributed by atoms with Crippen molar-refractivity contribution in [1.29, 1.82) is 0 Å². The van der Waals surface area contributed by atoms with Gasteiger partial charge in [-0.1, -0.05) is 74.5 Å². The number of rotatable bonds is 3. The lowest BCUT2D eigenvalue weighted by Gasteiger charge is -2.44. The number of carbonyl (C=O) groups is 1. The molecule has 128 valence electrons. The molecule has 4 atom stereocenters. The Balaban J connectivity index is 1.75. The third-order valence-corrected chi connectivity index (χ3v) is 10.2. The minimum atomic E-state index is -0.884. The highest BCUT2D eigenvalue weighted by molar-refractivity contribution is 7.75. The second-order valence-corrected chi connectivity index (χ2v) is 10.5. The van der Waals surface area contributed by atoms with Crippen LogP contribution < -0.4 is 10.6 Å². The van der Waals surface area contributed by atoms with E-state index in [0.29, 0.717) is 11.7 Å². The Bertz CT molecular complexity index is 796. The monoisotopic (exact) mass is 350 g/mol. The fourth-order valence-corrected chi connectivity index (χ4v) is 9.05. The van der Waals surface area contributed by atoms with Crippen molar-refractivity contribution in [3.05, 3.63) is 60.7 Å². The Morgan fingerprint density at radius 1 is 0.960 bits per heavy atom. The van der Waals surface area contributed by atoms with Crippen LogP contribution >= 0.6 is 7.92 Å². The first kappa shape index (κ1) is 15.7. The smallest absolute Gasteiger partial charge is 0.176 e. The number of ketones is 1. The van der Waals surface area contributed by atoms with E-state index in [4.69, 9.17) is 4.74 Å². The van der Waals surface area contributed by atoms with E-state index in [1.54, 1.807) is 0 Å². The maximum atomic E-state index is 13.8. The summed E-state index contributed by atoms with van der Waals surface area (Å²) in [5.74, 6) is 0.702. The van der Waals surface area contributed by atoms with E-state index in [0.717, 1.165) is 19.4 Å². The van der Waals surface area contributed by atoms with Gasteiger partial charge in [0.2, 0.25) is 0 Å². The van der Waals surface area contributed by atoms with E-state index >= 15 is 0 Å². The van der Waals surface area contributed by atoms with Crippen LogP contribution in [0, 0.1) is 16.7 Å². The molecular formula is C22H23O2P. The van der Waals surface area contributed by atoms with Gasteiger partial charge in [0, 0.05) is 16.7 Å². The lowest BCUT2D eigenvalue weighted by Crippen LogP contribution is -2.52. The molecule has 2 aromatic rings. The molecule has 3 aliphatic rings. The molecule has 1 saturated heterocycles. The molecule has 2 aromatic carbocycles. The molecule has 0 unspecified atom stereocenters. The summed E-state index contributed by atoms with van der Waals surface area (Å²) in [5.41, 5.74) is -0.228. The Kier molecular flexibility index (Phi) is 3.16. The van der Waals surface area contributed by atoms with Gasteiger partial charge in [-0.15, -0.1) is 0 Å². The molecule has 0 spiro atoms. The van der Waals surface area contributed by atoms with E-state index in [-0.39, 0.29) is 10.8 Å². The molecule has 3 heteroatoms. The molecule has 5 rings (SSSR count). The van der Waals surface area contributed by atoms with Crippen LogP contribution in [0.1, 0.15) is 26.7 Å². The molecule has 0 N–H and O–H groups in total. The fourth-order valence-electron chi connectivity index (χ4n) is 5.67. The molecule has 3 fully saturated rings. The van der Waals surface area contributed by atoms with Crippen LogP contribution in [-0.2, 0) is 9.53 Å². The summed E-state index contributed by atoms with van der Waals surface area (Å²) in [5, 5.41) is 1.86. The summed E-state index contributed by atoms with van der Waals surface area (Å²) in [6, 6.07) is 21.1. The summed E-state index contributed by atoms with van der Waals surface area (Å²) in [6.45, 7) is 5.21. The lowest BCUT2D eigenvalue weighted by molar-refractivity contribution is -0.150. The van der Waals surface area contributed by atoms with Crippen molar-refractivity contribution in [2.24, 2.45) is 16.7 Å². The highest BCUT2D eigenvalue weighted by atomic mass is 31.1. The average molecular weight is 350 g/mol. The summed E-state index contributed by atoms with van der Waals surface area (Å²) >= 11 is 0. The molecule has 25 heavy (non-hydrogen) atoms. The number of benzene rings is 2. The van der Waals surface area contributed by atoms with Crippen molar-refractivity contribution in [2.45, 2.75) is 32.0 Å². The van der Waals surface area contributed by atoms with Gasteiger partial charge >= 0.3 is 0 Å². The van der Waals surface area contributed by atoms with Crippen molar-refractivity contribution in [2.75, 3.05) is 6.61 Å². The normalized spacial score (nSPS) is 38.7. The van der Waals surface area contributed by atoms with E-state index in [1.807, 2.05) is 12.1 Å². The first-order valence-corrected chi connectivity index (χ1v) is 10.5. The number of hydrogen-bond acceptors (Lipinski definition) is 2. The van der Waals surface area contributed by atoms with Gasteiger partial charge in [0.05, 0.1) is 6.61 Å². The van der Waals surface area contributed by atoms with Crippen molar-refractivity contribution in [1.82, 2.24) is 0 Å². The number of hydrogen-bond donors (Lipinski definition) is 0. The van der Waals surface area contributed by atoms with Crippen molar-refractivity contribution in [3.63, 3.8) is 0 Å². The summed E-state index contributed by atoms with van der Waals surface area (Å²) in [6.07, 6.45) is 2.13. The molecule has 2 nitrogen and oxygen atoms in total. The van der Waals surface area contributed by atoms with Crippen LogP contribution in [0.5, 0.6) is 0 Å². The third kappa shape index (κ3) is 1.70. The second kappa shape index (κ2) is 5.02. The lowest BCUT2D eigenvalue weighted by atomic mass is 9.69. The van der Waals surface area contributed by atoms with Crippen molar-refractivity contribution in [3.8, 4) is 0 Å². The number of ether oxygens (including phenoxy) is 1. The molecule has 0 amide bonds. The van der Waals surface area contributed by atoms with Gasteiger partial charge in [-0.3, -0.25) is 4.79 Å². The van der Waals surface area contributed by atoms with Crippen LogP contribution in [0.15, 0.2) is 60.7 Å². The maximum absolute atomic E-state index is 13.8. The molecule has 4 bridgehead atoms. The van der Waals surface area contributed by atoms with Gasteiger partial charge in [0.25, 0.3) is 0 Å². The predicted molar refractivity (Wildman–Crippen MR) is 102 cm³/mol. The van der Waals surface area contributed by atoms with Gasteiger partial charge in [-0.2, -0.15) is 0 Å². The fraction of sp³-hybridized carbons (Fsp3) is 0.409. The summed E-state index contributed by atoms with van der Waals surface area (Å²) in [7, 11) is -0.884. The molecular weight excluding hydrogens is 327 g/mol. The molecule has 0 radical (unpaired) electrons. The average Bonchev–Trinajstić information content (AvgIpc) is 3.14. The Morgan fingerprint density at radius 2 is 1.52 bits per heavy atom. The van der Waals surface area contributed by atoms with Gasteiger partial charge in [0.1, 0.15) is 0 Å². The van der Waals surface area contributed by atoms with Gasteiger partial charge in [0.15, 0.2) is 11.1 Å². The second-order valence-electron chi connectivity index (χ2n) is 8.16. The first-order chi connectivity index (χ1) is 12.0. The van der Waals surface area contributed by atoms with Crippen LogP contribution in [0.4, 0.5) is 0 Å². The quantitative estimate of drug-likeness (QED) is 0.786. The Hall–Kier alpha value is -1.50. The zero-order valence-electron chi connectivity index (χ0n) is 14.7. The highest BCUT2D eigenvalue weighted by Crippen LogP contribution is 2.78. The highest BCUT2D eigenvalue weighted by Gasteiger charge is 2.81. The largest absolute Gasteiger partial charge is 0.361 e. The van der Waals surface area contributed by atoms with Crippen LogP contribution in [0.3, 0.4) is 0 Å². The van der Waals surface area contributed by atoms with Gasteiger partial charge in [-0.05, 0) is 31.4 Å². The zero-order valence-corrected chi connectivity index (χ0v) is 15.6. The summed E-state index contributed by atoms with van der Waals surface area (Å²) in [4.78, 5) is 13.8. The Morgan fingerprint density at radius 3 is 2.00 bits per heavy atom. The Labute approximate surface area is 150 Å². The van der Waals surface area contributed by atoms with Crippen molar-refractivity contribution < 1.29 is 9.53 Å². The zero-order chi connectivity index (χ0) is 17.3. The number of carbonyl (C=O) groups excluding carboxylic acids is 1. The van der Waals surface area contributed by atoms with Crippen LogP contribution in [0.2, 0.25) is 0 Å². The van der Waals surface area contributed by atoms with E-state index in [2.05, 4.69) is 62.4 Å². The van der Waals surface area contributed by atoms with E-state index in [1.165, 1.54) is 10.6 Å². The standard InChI is InChI=1S/C22H23O2P/c1-20-14-13-18-21(20,2)15-24-22(18,19(20)23)25(16-9-5-3-6-10-16)17-11-7-4-8-12-17/h3-12,18H,13-15H2,1-2H3/t18-,20-,21-,22+/m0/s1. The van der Waals surface area contributed by atoms with Crippen LogP contribution in [-0.4, -0.2) is 17.7 Å². The SMILES string of the molecule is C[C@@]12CC[C@@H]3[C@](P(c4ccccc4)c4ccccc4)(OC[C@@]31C)C2=O. The van der Waals surface area contributed by atoms with E-state index in [9.17, 15) is 4.79 Å². The predicted octanol–water partition coefficient (Wildman–Crippen LogP) is 3.85. The number of Topliss-reactive ketones (excluding diaryl/α,β-unsaturated/α-hetero) is 1. The molecule has 2 saturated carbocycles. The topological polar surface area (TPSA) is 26.3 Å². The molecule has 0 aromatic heterocycles. The molecule has 1 aliphatic heterocycles.